The van der Waals surface area contributed by atoms with E-state index in [1.54, 1.807) is 6.20 Å². The normalized spacial score (nSPS) is 23.5. The third-order valence-electron chi connectivity index (χ3n) is 6.81. The van der Waals surface area contributed by atoms with Gasteiger partial charge in [-0.05, 0) is 51.4 Å². The molecule has 0 bridgehead atoms. The Kier molecular flexibility index (Phi) is 7.67. The van der Waals surface area contributed by atoms with Crippen molar-refractivity contribution in [2.75, 3.05) is 27.2 Å². The van der Waals surface area contributed by atoms with E-state index in [9.17, 15) is 9.59 Å². The second-order valence-corrected chi connectivity index (χ2v) is 9.33. The van der Waals surface area contributed by atoms with Crippen LogP contribution in [-0.4, -0.2) is 64.8 Å². The van der Waals surface area contributed by atoms with Gasteiger partial charge >= 0.3 is 6.03 Å². The van der Waals surface area contributed by atoms with Crippen LogP contribution >= 0.6 is 0 Å². The molecule has 3 aliphatic rings. The molecule has 3 atom stereocenters. The molecule has 3 amide bonds. The van der Waals surface area contributed by atoms with Crippen LogP contribution in [0.25, 0.3) is 5.70 Å². The molecule has 4 N–H and O–H groups in total. The number of aromatic nitrogens is 2. The van der Waals surface area contributed by atoms with Crippen LogP contribution in [-0.2, 0) is 11.3 Å². The fourth-order valence-electron chi connectivity index (χ4n) is 4.78. The monoisotopic (exact) mass is 478 g/mol. The number of hydrogen-bond acceptors (Lipinski definition) is 5. The molecule has 1 aromatic heterocycles. The van der Waals surface area contributed by atoms with Gasteiger partial charge in [-0.25, -0.2) is 9.78 Å². The Morgan fingerprint density at radius 2 is 2.06 bits per heavy atom. The Morgan fingerprint density at radius 3 is 2.77 bits per heavy atom. The molecule has 0 saturated carbocycles. The summed E-state index contributed by atoms with van der Waals surface area (Å²) in [6.45, 7) is 2.85. The Bertz CT molecular complexity index is 1120. The fourth-order valence-corrected chi connectivity index (χ4v) is 4.78. The summed E-state index contributed by atoms with van der Waals surface area (Å²) in [5, 5.41) is 17.6. The van der Waals surface area contributed by atoms with E-state index in [2.05, 4.69) is 51.0 Å². The molecular formula is C26H34N6O3. The smallest absolute Gasteiger partial charge is 0.319 e. The number of nitrogens with zero attached hydrogens (tertiary/aromatic N) is 3. The zero-order valence-corrected chi connectivity index (χ0v) is 20.5. The second-order valence-electron chi connectivity index (χ2n) is 9.33. The van der Waals surface area contributed by atoms with Crippen molar-refractivity contribution in [3.05, 3.63) is 71.5 Å². The number of aliphatic hydroxyl groups is 1. The number of hydrogen-bond donors (Lipinski definition) is 4. The number of allylic oxidation sites excluding steroid dienone is 4. The third-order valence-corrected chi connectivity index (χ3v) is 6.81. The van der Waals surface area contributed by atoms with Crippen LogP contribution in [0.2, 0.25) is 0 Å². The van der Waals surface area contributed by atoms with Crippen molar-refractivity contribution in [3.63, 3.8) is 0 Å². The zero-order valence-electron chi connectivity index (χ0n) is 20.5. The van der Waals surface area contributed by atoms with Gasteiger partial charge in [-0.15, -0.1) is 0 Å². The zero-order chi connectivity index (χ0) is 24.9. The molecule has 1 aromatic rings. The molecule has 0 aromatic carbocycles. The van der Waals surface area contributed by atoms with Crippen LogP contribution in [0.5, 0.6) is 0 Å². The number of rotatable bonds is 7. The second kappa shape index (κ2) is 10.9. The van der Waals surface area contributed by atoms with Crippen molar-refractivity contribution in [2.45, 2.75) is 32.4 Å². The van der Waals surface area contributed by atoms with Gasteiger partial charge in [-0.2, -0.15) is 0 Å². The summed E-state index contributed by atoms with van der Waals surface area (Å²) in [7, 11) is 4.06. The highest BCUT2D eigenvalue weighted by Gasteiger charge is 2.30. The third kappa shape index (κ3) is 5.63. The number of carbonyl (C=O) groups excluding carboxylic acids is 2. The molecule has 186 valence electrons. The highest BCUT2D eigenvalue weighted by Crippen LogP contribution is 2.36. The number of fused-ring (bicyclic) bond motifs is 1. The fraction of sp³-hybridized carbons (Fsp3) is 0.423. The van der Waals surface area contributed by atoms with E-state index in [4.69, 9.17) is 5.11 Å². The van der Waals surface area contributed by atoms with Gasteiger partial charge in [-0.1, -0.05) is 30.4 Å². The lowest BCUT2D eigenvalue weighted by Gasteiger charge is -2.32. The Morgan fingerprint density at radius 1 is 1.23 bits per heavy atom. The molecule has 9 nitrogen and oxygen atoms in total. The summed E-state index contributed by atoms with van der Waals surface area (Å²) in [5.74, 6) is 0.875. The van der Waals surface area contributed by atoms with Crippen molar-refractivity contribution in [1.29, 1.82) is 0 Å². The number of aliphatic hydroxyl groups excluding tert-OH is 1. The van der Waals surface area contributed by atoms with E-state index in [0.29, 0.717) is 23.1 Å². The van der Waals surface area contributed by atoms with Crippen molar-refractivity contribution >= 4 is 17.6 Å². The maximum Gasteiger partial charge on any atom is 0.319 e. The molecular weight excluding hydrogens is 444 g/mol. The average Bonchev–Trinajstić information content (AvgIpc) is 3.33. The number of imidazole rings is 1. The molecule has 0 spiro atoms. The number of carbonyl (C=O) groups is 2. The topological polar surface area (TPSA) is 112 Å². The molecule has 0 saturated heterocycles. The minimum atomic E-state index is -0.380. The largest absolute Gasteiger partial charge is 0.395 e. The molecule has 2 heterocycles. The Balaban J connectivity index is 1.50. The molecule has 3 unspecified atom stereocenters. The van der Waals surface area contributed by atoms with Gasteiger partial charge in [-0.3, -0.25) is 4.79 Å². The van der Waals surface area contributed by atoms with Gasteiger partial charge in [0.1, 0.15) is 0 Å². The summed E-state index contributed by atoms with van der Waals surface area (Å²) < 4.78 is 2.04. The highest BCUT2D eigenvalue weighted by atomic mass is 16.3. The first kappa shape index (κ1) is 24.7. The van der Waals surface area contributed by atoms with E-state index in [-0.39, 0.29) is 36.9 Å². The minimum absolute atomic E-state index is 0.0999. The van der Waals surface area contributed by atoms with Crippen LogP contribution in [0.3, 0.4) is 0 Å². The highest BCUT2D eigenvalue weighted by molar-refractivity contribution is 5.97. The minimum Gasteiger partial charge on any atom is -0.395 e. The number of nitrogens with one attached hydrogen (secondary N) is 3. The standard InChI is InChI=1S/C26H34N6O3/c1-17-21(5-4-6-22(17)29-25(34)18-7-9-20(10-8-18)31(2)3)19-15-23(30-26(35)28-12-14-33)24-27-11-13-32(24)16-19/h4,6-9,11,13,15,19-21,33H,5,10,12,14,16H2,1-3H3,(H,29,34)(H2,28,30,35). The number of urea groups is 1. The maximum absolute atomic E-state index is 13.0. The molecule has 1 aliphatic heterocycles. The first-order valence-electron chi connectivity index (χ1n) is 12.0. The number of amides is 3. The van der Waals surface area contributed by atoms with Crippen LogP contribution < -0.4 is 16.0 Å². The van der Waals surface area contributed by atoms with Gasteiger partial charge in [0.2, 0.25) is 0 Å². The van der Waals surface area contributed by atoms with Crippen molar-refractivity contribution < 1.29 is 14.7 Å². The Labute approximate surface area is 206 Å². The molecule has 0 fully saturated rings. The van der Waals surface area contributed by atoms with Gasteiger partial charge < -0.3 is 30.5 Å². The van der Waals surface area contributed by atoms with Gasteiger partial charge in [0.15, 0.2) is 5.82 Å². The molecule has 35 heavy (non-hydrogen) atoms. The summed E-state index contributed by atoms with van der Waals surface area (Å²) in [5.41, 5.74) is 3.26. The lowest BCUT2D eigenvalue weighted by Crippen LogP contribution is -2.38. The van der Waals surface area contributed by atoms with Gasteiger partial charge in [0.05, 0.1) is 12.3 Å². The van der Waals surface area contributed by atoms with Crippen LogP contribution in [0.1, 0.15) is 25.6 Å². The summed E-state index contributed by atoms with van der Waals surface area (Å²) in [6, 6.07) is -0.0688. The van der Waals surface area contributed by atoms with E-state index < -0.39 is 0 Å². The molecule has 2 aliphatic carbocycles. The average molecular weight is 479 g/mol. The first-order chi connectivity index (χ1) is 16.9. The Hall–Kier alpha value is -3.43. The van der Waals surface area contributed by atoms with E-state index in [1.165, 1.54) is 0 Å². The van der Waals surface area contributed by atoms with Crippen LogP contribution in [0.4, 0.5) is 4.79 Å². The van der Waals surface area contributed by atoms with Crippen molar-refractivity contribution in [1.82, 2.24) is 30.4 Å². The maximum atomic E-state index is 13.0. The van der Waals surface area contributed by atoms with Crippen LogP contribution in [0, 0.1) is 11.8 Å². The van der Waals surface area contributed by atoms with Crippen LogP contribution in [0.15, 0.2) is 65.7 Å². The predicted octanol–water partition coefficient (Wildman–Crippen LogP) is 1.93. The molecule has 4 rings (SSSR count). The predicted molar refractivity (Wildman–Crippen MR) is 135 cm³/mol. The summed E-state index contributed by atoms with van der Waals surface area (Å²) >= 11 is 0. The SMILES string of the molecule is CC1=C(NC(=O)C2=CCC(N(C)C)C=C2)C=CCC1C1C=C(NC(=O)NCCO)c2nccn2C1. The summed E-state index contributed by atoms with van der Waals surface area (Å²) in [6.07, 6.45) is 17.4. The van der Waals surface area contributed by atoms with E-state index in [1.807, 2.05) is 43.1 Å². The van der Waals surface area contributed by atoms with Gasteiger partial charge in [0, 0.05) is 48.7 Å². The first-order valence-corrected chi connectivity index (χ1v) is 12.0. The van der Waals surface area contributed by atoms with Gasteiger partial charge in [0.25, 0.3) is 5.91 Å². The summed E-state index contributed by atoms with van der Waals surface area (Å²) in [4.78, 5) is 31.7. The molecule has 0 radical (unpaired) electrons. The number of likely N-dealkylation sites (N-methyl/N-ethyl adjacent to an activating group) is 1. The lowest BCUT2D eigenvalue weighted by atomic mass is 9.79. The van der Waals surface area contributed by atoms with Crippen molar-refractivity contribution in [2.24, 2.45) is 11.8 Å². The lowest BCUT2D eigenvalue weighted by molar-refractivity contribution is -0.116. The van der Waals surface area contributed by atoms with E-state index in [0.717, 1.165) is 30.7 Å². The quantitative estimate of drug-likeness (QED) is 0.479. The van der Waals surface area contributed by atoms with Crippen molar-refractivity contribution in [3.8, 4) is 0 Å². The van der Waals surface area contributed by atoms with E-state index >= 15 is 0 Å². The molecule has 9 heteroatoms.